The average molecular weight is 208 g/mol. The molecule has 0 aliphatic carbocycles. The molecule has 0 saturated carbocycles. The molecule has 1 aliphatic heterocycles. The smallest absolute Gasteiger partial charge is 0.137 e. The van der Waals surface area contributed by atoms with Gasteiger partial charge in [0.2, 0.25) is 0 Å². The van der Waals surface area contributed by atoms with Crippen LogP contribution in [0, 0.1) is 5.92 Å². The Bertz CT molecular complexity index is 299. The zero-order valence-electron chi connectivity index (χ0n) is 9.61. The van der Waals surface area contributed by atoms with E-state index in [4.69, 9.17) is 0 Å². The topological polar surface area (TPSA) is 42.7 Å². The maximum absolute atomic E-state index is 4.27. The van der Waals surface area contributed by atoms with Gasteiger partial charge in [-0.3, -0.25) is 0 Å². The Morgan fingerprint density at radius 2 is 2.47 bits per heavy atom. The minimum atomic E-state index is 0.556. The highest BCUT2D eigenvalue weighted by Crippen LogP contribution is 2.21. The first-order chi connectivity index (χ1) is 7.27. The third-order valence-corrected chi connectivity index (χ3v) is 2.87. The van der Waals surface area contributed by atoms with Gasteiger partial charge in [-0.2, -0.15) is 0 Å². The van der Waals surface area contributed by atoms with E-state index in [9.17, 15) is 0 Å². The van der Waals surface area contributed by atoms with E-state index in [1.807, 2.05) is 6.33 Å². The minimum absolute atomic E-state index is 0.556. The number of aromatic nitrogens is 3. The van der Waals surface area contributed by atoms with Crippen molar-refractivity contribution in [2.75, 3.05) is 13.1 Å². The van der Waals surface area contributed by atoms with Crippen LogP contribution in [-0.2, 0) is 6.54 Å². The van der Waals surface area contributed by atoms with Gasteiger partial charge in [0.1, 0.15) is 12.2 Å². The van der Waals surface area contributed by atoms with Gasteiger partial charge in [0.15, 0.2) is 0 Å². The molecule has 0 unspecified atom stereocenters. The fourth-order valence-corrected chi connectivity index (χ4v) is 2.19. The van der Waals surface area contributed by atoms with Crippen LogP contribution in [0.1, 0.15) is 38.4 Å². The van der Waals surface area contributed by atoms with Gasteiger partial charge in [-0.25, -0.2) is 0 Å². The van der Waals surface area contributed by atoms with Crippen LogP contribution in [0.4, 0.5) is 0 Å². The minimum Gasteiger partial charge on any atom is -0.317 e. The van der Waals surface area contributed by atoms with Crippen LogP contribution in [0.5, 0.6) is 0 Å². The van der Waals surface area contributed by atoms with Crippen molar-refractivity contribution in [3.63, 3.8) is 0 Å². The molecule has 1 atom stereocenters. The molecule has 0 amide bonds. The Kier molecular flexibility index (Phi) is 3.36. The van der Waals surface area contributed by atoms with E-state index in [2.05, 4.69) is 33.9 Å². The summed E-state index contributed by atoms with van der Waals surface area (Å²) in [7, 11) is 0. The predicted octanol–water partition coefficient (Wildman–Crippen LogP) is 1.40. The quantitative estimate of drug-likeness (QED) is 0.816. The summed E-state index contributed by atoms with van der Waals surface area (Å²) >= 11 is 0. The summed E-state index contributed by atoms with van der Waals surface area (Å²) in [6.07, 6.45) is 4.35. The van der Waals surface area contributed by atoms with Gasteiger partial charge in [-0.1, -0.05) is 13.8 Å². The summed E-state index contributed by atoms with van der Waals surface area (Å²) in [6.45, 7) is 7.68. The van der Waals surface area contributed by atoms with E-state index in [0.29, 0.717) is 11.8 Å². The van der Waals surface area contributed by atoms with E-state index < -0.39 is 0 Å². The van der Waals surface area contributed by atoms with Crippen molar-refractivity contribution in [2.24, 2.45) is 5.92 Å². The van der Waals surface area contributed by atoms with Gasteiger partial charge < -0.3 is 9.88 Å². The van der Waals surface area contributed by atoms with E-state index in [0.717, 1.165) is 25.5 Å². The normalized spacial score (nSPS) is 22.2. The molecule has 4 nitrogen and oxygen atoms in total. The van der Waals surface area contributed by atoms with Gasteiger partial charge in [0, 0.05) is 19.0 Å². The van der Waals surface area contributed by atoms with Crippen molar-refractivity contribution < 1.29 is 0 Å². The molecular weight excluding hydrogens is 188 g/mol. The van der Waals surface area contributed by atoms with Crippen molar-refractivity contribution in [3.05, 3.63) is 12.2 Å². The first kappa shape index (κ1) is 10.6. The van der Waals surface area contributed by atoms with Crippen molar-refractivity contribution in [3.8, 4) is 0 Å². The van der Waals surface area contributed by atoms with E-state index in [-0.39, 0.29) is 0 Å². The fraction of sp³-hybridized carbons (Fsp3) is 0.818. The zero-order valence-corrected chi connectivity index (χ0v) is 9.61. The van der Waals surface area contributed by atoms with E-state index >= 15 is 0 Å². The van der Waals surface area contributed by atoms with Gasteiger partial charge in [0.05, 0.1) is 0 Å². The first-order valence-electron chi connectivity index (χ1n) is 5.86. The Balaban J connectivity index is 2.09. The molecule has 2 heterocycles. The SMILES string of the molecule is CC(C)Cn1cnnc1[C@H]1CCCNC1. The van der Waals surface area contributed by atoms with Crippen LogP contribution in [0.15, 0.2) is 6.33 Å². The molecule has 1 saturated heterocycles. The summed E-state index contributed by atoms with van der Waals surface area (Å²) < 4.78 is 2.21. The standard InChI is InChI=1S/C11H20N4/c1-9(2)7-15-8-13-14-11(15)10-4-3-5-12-6-10/h8-10,12H,3-7H2,1-2H3/t10-/m0/s1. The maximum atomic E-state index is 4.27. The zero-order chi connectivity index (χ0) is 10.7. The number of piperidine rings is 1. The van der Waals surface area contributed by atoms with Crippen LogP contribution < -0.4 is 5.32 Å². The number of hydrogen-bond acceptors (Lipinski definition) is 3. The van der Waals surface area contributed by atoms with E-state index in [1.165, 1.54) is 12.8 Å². The van der Waals surface area contributed by atoms with Crippen molar-refractivity contribution in [1.29, 1.82) is 0 Å². The van der Waals surface area contributed by atoms with Crippen LogP contribution in [-0.4, -0.2) is 27.9 Å². The molecule has 0 aromatic carbocycles. The monoisotopic (exact) mass is 208 g/mol. The number of nitrogens with zero attached hydrogens (tertiary/aromatic N) is 3. The lowest BCUT2D eigenvalue weighted by Crippen LogP contribution is -2.30. The highest BCUT2D eigenvalue weighted by molar-refractivity contribution is 4.99. The summed E-state index contributed by atoms with van der Waals surface area (Å²) in [5, 5.41) is 11.7. The van der Waals surface area contributed by atoms with Crippen LogP contribution in [0.25, 0.3) is 0 Å². The molecule has 1 aromatic heterocycles. The van der Waals surface area contributed by atoms with Crippen LogP contribution >= 0.6 is 0 Å². The number of hydrogen-bond donors (Lipinski definition) is 1. The Hall–Kier alpha value is -0.900. The molecule has 0 radical (unpaired) electrons. The number of nitrogens with one attached hydrogen (secondary N) is 1. The molecule has 1 fully saturated rings. The van der Waals surface area contributed by atoms with Crippen molar-refractivity contribution in [1.82, 2.24) is 20.1 Å². The second-order valence-electron chi connectivity index (χ2n) is 4.78. The lowest BCUT2D eigenvalue weighted by atomic mass is 9.99. The molecule has 84 valence electrons. The number of rotatable bonds is 3. The summed E-state index contributed by atoms with van der Waals surface area (Å²) in [5.74, 6) is 2.37. The molecule has 0 bridgehead atoms. The molecular formula is C11H20N4. The lowest BCUT2D eigenvalue weighted by Gasteiger charge is -2.22. The molecule has 1 aliphatic rings. The lowest BCUT2D eigenvalue weighted by molar-refractivity contribution is 0.417. The van der Waals surface area contributed by atoms with E-state index in [1.54, 1.807) is 0 Å². The predicted molar refractivity (Wildman–Crippen MR) is 59.7 cm³/mol. The molecule has 4 heteroatoms. The third-order valence-electron chi connectivity index (χ3n) is 2.87. The molecule has 2 rings (SSSR count). The molecule has 1 aromatic rings. The average Bonchev–Trinajstić information content (AvgIpc) is 2.66. The third kappa shape index (κ3) is 2.56. The molecule has 0 spiro atoms. The summed E-state index contributed by atoms with van der Waals surface area (Å²) in [5.41, 5.74) is 0. The van der Waals surface area contributed by atoms with Crippen LogP contribution in [0.3, 0.4) is 0 Å². The van der Waals surface area contributed by atoms with Gasteiger partial charge in [0.25, 0.3) is 0 Å². The highest BCUT2D eigenvalue weighted by atomic mass is 15.3. The highest BCUT2D eigenvalue weighted by Gasteiger charge is 2.20. The second kappa shape index (κ2) is 4.75. The van der Waals surface area contributed by atoms with Gasteiger partial charge >= 0.3 is 0 Å². The summed E-state index contributed by atoms with van der Waals surface area (Å²) in [4.78, 5) is 0. The fourth-order valence-electron chi connectivity index (χ4n) is 2.19. The Morgan fingerprint density at radius 1 is 1.60 bits per heavy atom. The maximum Gasteiger partial charge on any atom is 0.137 e. The van der Waals surface area contributed by atoms with Gasteiger partial charge in [-0.15, -0.1) is 10.2 Å². The molecule has 1 N–H and O–H groups in total. The Labute approximate surface area is 91.1 Å². The van der Waals surface area contributed by atoms with Crippen molar-refractivity contribution >= 4 is 0 Å². The largest absolute Gasteiger partial charge is 0.317 e. The van der Waals surface area contributed by atoms with Crippen LogP contribution in [0.2, 0.25) is 0 Å². The second-order valence-corrected chi connectivity index (χ2v) is 4.78. The van der Waals surface area contributed by atoms with Crippen molar-refractivity contribution in [2.45, 2.75) is 39.2 Å². The Morgan fingerprint density at radius 3 is 3.13 bits per heavy atom. The molecule has 15 heavy (non-hydrogen) atoms. The first-order valence-corrected chi connectivity index (χ1v) is 5.86. The van der Waals surface area contributed by atoms with Gasteiger partial charge in [-0.05, 0) is 25.3 Å². The summed E-state index contributed by atoms with van der Waals surface area (Å²) in [6, 6.07) is 0.